The highest BCUT2D eigenvalue weighted by Gasteiger charge is 2.25. The molecule has 0 bridgehead atoms. The first-order chi connectivity index (χ1) is 17.2. The summed E-state index contributed by atoms with van der Waals surface area (Å²) in [5.74, 6) is -0.998. The van der Waals surface area contributed by atoms with Crippen molar-refractivity contribution in [2.45, 2.75) is 20.4 Å². The van der Waals surface area contributed by atoms with Crippen LogP contribution in [-0.4, -0.2) is 61.5 Å². The molecular formula is C27H29ClFN3O3S. The number of nitrogens with one attached hydrogen (secondary N) is 1. The van der Waals surface area contributed by atoms with Crippen molar-refractivity contribution in [3.63, 3.8) is 0 Å². The Morgan fingerprint density at radius 1 is 1.06 bits per heavy atom. The number of thiophene rings is 1. The summed E-state index contributed by atoms with van der Waals surface area (Å²) in [6, 6.07) is 10.5. The molecule has 0 unspecified atom stereocenters. The number of nitrogens with zero attached hydrogens (tertiary/aromatic N) is 2. The molecule has 0 spiro atoms. The molecule has 3 aromatic rings. The Bertz CT molecular complexity index is 1270. The minimum absolute atomic E-state index is 0.176. The van der Waals surface area contributed by atoms with Gasteiger partial charge in [-0.05, 0) is 42.7 Å². The fraction of sp³-hybridized carbons (Fsp3) is 0.333. The molecule has 0 radical (unpaired) electrons. The van der Waals surface area contributed by atoms with Crippen molar-refractivity contribution in [2.75, 3.05) is 45.2 Å². The number of halogens is 2. The van der Waals surface area contributed by atoms with E-state index in [-0.39, 0.29) is 18.3 Å². The van der Waals surface area contributed by atoms with Gasteiger partial charge in [-0.3, -0.25) is 14.6 Å². The highest BCUT2D eigenvalue weighted by Crippen LogP contribution is 2.38. The first-order valence-electron chi connectivity index (χ1n) is 11.7. The predicted molar refractivity (Wildman–Crippen MR) is 142 cm³/mol. The maximum atomic E-state index is 13.3. The number of rotatable bonds is 7. The second kappa shape index (κ2) is 11.5. The number of carbonyl (C=O) groups is 2. The van der Waals surface area contributed by atoms with Crippen LogP contribution in [0.5, 0.6) is 0 Å². The van der Waals surface area contributed by atoms with Crippen LogP contribution in [0.1, 0.15) is 27.0 Å². The zero-order valence-corrected chi connectivity index (χ0v) is 22.1. The largest absolute Gasteiger partial charge is 0.465 e. The molecule has 9 heteroatoms. The molecule has 1 N–H and O–H groups in total. The number of methoxy groups -OCH3 is 1. The van der Waals surface area contributed by atoms with Gasteiger partial charge >= 0.3 is 5.97 Å². The van der Waals surface area contributed by atoms with Gasteiger partial charge in [0.05, 0.1) is 13.7 Å². The molecule has 4 rings (SSSR count). The van der Waals surface area contributed by atoms with Gasteiger partial charge in [-0.15, -0.1) is 11.3 Å². The third-order valence-corrected chi connectivity index (χ3v) is 7.61. The van der Waals surface area contributed by atoms with Crippen molar-refractivity contribution in [2.24, 2.45) is 0 Å². The Morgan fingerprint density at radius 2 is 1.78 bits per heavy atom. The Morgan fingerprint density at radius 3 is 2.47 bits per heavy atom. The standard InChI is InChI=1S/C27H29ClFN3O3S/c1-17-4-5-18(2)21(12-17)22-16-36-26(25(22)27(34)35-3)30-24(33)15-32-10-8-31(9-11-32)14-19-6-7-20(29)13-23(19)28/h4-7,12-13,16H,8-11,14-15H2,1-3H3,(H,30,33). The fourth-order valence-corrected chi connectivity index (χ4v) is 5.54. The second-order valence-electron chi connectivity index (χ2n) is 9.00. The SMILES string of the molecule is COC(=O)c1c(-c2cc(C)ccc2C)csc1NC(=O)CN1CCN(Cc2ccc(F)cc2Cl)CC1. The van der Waals surface area contributed by atoms with Gasteiger partial charge in [0.2, 0.25) is 5.91 Å². The first-order valence-corrected chi connectivity index (χ1v) is 13.0. The average molecular weight is 530 g/mol. The Hall–Kier alpha value is -2.78. The van der Waals surface area contributed by atoms with E-state index in [1.165, 1.54) is 30.6 Å². The summed E-state index contributed by atoms with van der Waals surface area (Å²) in [4.78, 5) is 29.9. The van der Waals surface area contributed by atoms with Crippen LogP contribution >= 0.6 is 22.9 Å². The number of amides is 1. The van der Waals surface area contributed by atoms with Gasteiger partial charge in [-0.1, -0.05) is 41.4 Å². The molecule has 1 aliphatic heterocycles. The van der Waals surface area contributed by atoms with Crippen LogP contribution in [0.15, 0.2) is 41.8 Å². The summed E-state index contributed by atoms with van der Waals surface area (Å²) >= 11 is 7.49. The number of benzene rings is 2. The Labute approximate surface area is 219 Å². The quantitative estimate of drug-likeness (QED) is 0.417. The predicted octanol–water partition coefficient (Wildman–Crippen LogP) is 5.37. The third kappa shape index (κ3) is 6.13. The normalized spacial score (nSPS) is 14.6. The summed E-state index contributed by atoms with van der Waals surface area (Å²) in [6.45, 7) is 7.83. The highest BCUT2D eigenvalue weighted by molar-refractivity contribution is 7.15. The molecule has 1 fully saturated rings. The molecule has 0 saturated carbocycles. The number of aryl methyl sites for hydroxylation is 2. The zero-order valence-electron chi connectivity index (χ0n) is 20.6. The number of carbonyl (C=O) groups excluding carboxylic acids is 2. The maximum Gasteiger partial charge on any atom is 0.341 e. The molecule has 0 aliphatic carbocycles. The van der Waals surface area contributed by atoms with Crippen LogP contribution in [0, 0.1) is 19.7 Å². The molecule has 36 heavy (non-hydrogen) atoms. The number of piperazine rings is 1. The number of esters is 1. The van der Waals surface area contributed by atoms with Gasteiger partial charge in [-0.2, -0.15) is 0 Å². The third-order valence-electron chi connectivity index (χ3n) is 6.36. The lowest BCUT2D eigenvalue weighted by Crippen LogP contribution is -2.48. The number of hydrogen-bond acceptors (Lipinski definition) is 6. The summed E-state index contributed by atoms with van der Waals surface area (Å²) in [5.41, 5.74) is 5.11. The lowest BCUT2D eigenvalue weighted by Gasteiger charge is -2.34. The first kappa shape index (κ1) is 26.3. The molecular weight excluding hydrogens is 501 g/mol. The van der Waals surface area contributed by atoms with Crippen molar-refractivity contribution in [3.8, 4) is 11.1 Å². The van der Waals surface area contributed by atoms with Crippen molar-refractivity contribution in [1.82, 2.24) is 9.80 Å². The average Bonchev–Trinajstić information content (AvgIpc) is 3.26. The molecule has 1 saturated heterocycles. The molecule has 2 aromatic carbocycles. The van der Waals surface area contributed by atoms with Gasteiger partial charge in [0.15, 0.2) is 0 Å². The van der Waals surface area contributed by atoms with Gasteiger partial charge in [-0.25, -0.2) is 9.18 Å². The van der Waals surface area contributed by atoms with E-state index in [1.54, 1.807) is 6.07 Å². The van der Waals surface area contributed by atoms with E-state index in [4.69, 9.17) is 16.3 Å². The van der Waals surface area contributed by atoms with Crippen LogP contribution in [0.3, 0.4) is 0 Å². The molecule has 0 atom stereocenters. The van der Waals surface area contributed by atoms with Crippen LogP contribution in [0.4, 0.5) is 9.39 Å². The van der Waals surface area contributed by atoms with Crippen molar-refractivity contribution in [3.05, 3.63) is 74.9 Å². The second-order valence-corrected chi connectivity index (χ2v) is 10.3. The van der Waals surface area contributed by atoms with Crippen molar-refractivity contribution < 1.29 is 18.7 Å². The molecule has 6 nitrogen and oxygen atoms in total. The minimum atomic E-state index is -0.476. The minimum Gasteiger partial charge on any atom is -0.465 e. The number of ether oxygens (including phenoxy) is 1. The fourth-order valence-electron chi connectivity index (χ4n) is 4.34. The van der Waals surface area contributed by atoms with Crippen LogP contribution < -0.4 is 5.32 Å². The number of anilines is 1. The molecule has 190 valence electrons. The Kier molecular flexibility index (Phi) is 8.41. The van der Waals surface area contributed by atoms with Gasteiger partial charge in [0, 0.05) is 48.7 Å². The molecule has 1 amide bonds. The van der Waals surface area contributed by atoms with E-state index < -0.39 is 5.97 Å². The maximum absolute atomic E-state index is 13.3. The number of hydrogen-bond donors (Lipinski definition) is 1. The van der Waals surface area contributed by atoms with Gasteiger partial charge in [0.1, 0.15) is 16.4 Å². The molecule has 1 aromatic heterocycles. The van der Waals surface area contributed by atoms with E-state index in [0.717, 1.165) is 40.9 Å². The summed E-state index contributed by atoms with van der Waals surface area (Å²) in [6.07, 6.45) is 0. The highest BCUT2D eigenvalue weighted by atomic mass is 35.5. The van der Waals surface area contributed by atoms with Crippen LogP contribution in [0.25, 0.3) is 11.1 Å². The Balaban J connectivity index is 1.39. The summed E-state index contributed by atoms with van der Waals surface area (Å²) in [5, 5.41) is 5.74. The smallest absolute Gasteiger partial charge is 0.341 e. The molecule has 2 heterocycles. The van der Waals surface area contributed by atoms with Crippen LogP contribution in [-0.2, 0) is 16.1 Å². The van der Waals surface area contributed by atoms with Gasteiger partial charge < -0.3 is 10.1 Å². The van der Waals surface area contributed by atoms with Gasteiger partial charge in [0.25, 0.3) is 0 Å². The topological polar surface area (TPSA) is 61.9 Å². The van der Waals surface area contributed by atoms with Crippen molar-refractivity contribution >= 4 is 39.8 Å². The van der Waals surface area contributed by atoms with Crippen molar-refractivity contribution in [1.29, 1.82) is 0 Å². The summed E-state index contributed by atoms with van der Waals surface area (Å²) < 4.78 is 18.3. The molecule has 1 aliphatic rings. The lowest BCUT2D eigenvalue weighted by molar-refractivity contribution is -0.117. The monoisotopic (exact) mass is 529 g/mol. The van der Waals surface area contributed by atoms with E-state index >= 15 is 0 Å². The zero-order chi connectivity index (χ0) is 25.8. The lowest BCUT2D eigenvalue weighted by atomic mass is 9.97. The summed E-state index contributed by atoms with van der Waals surface area (Å²) in [7, 11) is 1.34. The van der Waals surface area contributed by atoms with E-state index in [0.29, 0.717) is 35.2 Å². The van der Waals surface area contributed by atoms with E-state index in [9.17, 15) is 14.0 Å². The van der Waals surface area contributed by atoms with E-state index in [2.05, 4.69) is 15.1 Å². The van der Waals surface area contributed by atoms with Crippen LogP contribution in [0.2, 0.25) is 5.02 Å². The van der Waals surface area contributed by atoms with E-state index in [1.807, 2.05) is 37.4 Å².